The SMILES string of the molecule is CC(=O)N[C@@H](Cc1ccc(F)cc1)C(=O)N(C)[C@@H](CC(C)(C)C)C(=O)N1C[C@]2(C[C@H]1C#N)C(=O)Nc1ccccc12. The van der Waals surface area contributed by atoms with Crippen LogP contribution in [0, 0.1) is 22.6 Å². The minimum Gasteiger partial charge on any atom is -0.344 e. The van der Waals surface area contributed by atoms with Crippen molar-refractivity contribution in [1.82, 2.24) is 15.1 Å². The lowest BCUT2D eigenvalue weighted by molar-refractivity contribution is -0.147. The molecule has 216 valence electrons. The van der Waals surface area contributed by atoms with Crippen molar-refractivity contribution in [1.29, 1.82) is 5.26 Å². The van der Waals surface area contributed by atoms with Gasteiger partial charge in [0.1, 0.15) is 23.9 Å². The molecular weight excluding hydrogens is 525 g/mol. The number of nitrogens with zero attached hydrogens (tertiary/aromatic N) is 3. The van der Waals surface area contributed by atoms with Crippen LogP contribution in [0.15, 0.2) is 48.5 Å². The van der Waals surface area contributed by atoms with Gasteiger partial charge in [-0.15, -0.1) is 0 Å². The van der Waals surface area contributed by atoms with Gasteiger partial charge in [0, 0.05) is 39.0 Å². The van der Waals surface area contributed by atoms with Crippen molar-refractivity contribution in [3.63, 3.8) is 0 Å². The predicted octanol–water partition coefficient (Wildman–Crippen LogP) is 3.15. The molecule has 2 aliphatic heterocycles. The van der Waals surface area contributed by atoms with Crippen molar-refractivity contribution in [3.8, 4) is 6.07 Å². The molecule has 4 atom stereocenters. The molecular formula is C31H36FN5O4. The fraction of sp³-hybridized carbons (Fsp3) is 0.452. The lowest BCUT2D eigenvalue weighted by Crippen LogP contribution is -2.57. The van der Waals surface area contributed by atoms with Crippen molar-refractivity contribution in [3.05, 3.63) is 65.5 Å². The van der Waals surface area contributed by atoms with E-state index in [0.29, 0.717) is 11.3 Å². The van der Waals surface area contributed by atoms with Crippen molar-refractivity contribution < 1.29 is 23.6 Å². The highest BCUT2D eigenvalue weighted by Crippen LogP contribution is 2.46. The quantitative estimate of drug-likeness (QED) is 0.538. The molecule has 4 amide bonds. The largest absolute Gasteiger partial charge is 0.344 e. The van der Waals surface area contributed by atoms with Crippen LogP contribution in [-0.4, -0.2) is 65.1 Å². The fourth-order valence-electron chi connectivity index (χ4n) is 5.85. The summed E-state index contributed by atoms with van der Waals surface area (Å²) in [6.07, 6.45) is 0.531. The van der Waals surface area contributed by atoms with Gasteiger partial charge in [-0.3, -0.25) is 19.2 Å². The van der Waals surface area contributed by atoms with Crippen molar-refractivity contribution >= 4 is 29.3 Å². The fourth-order valence-corrected chi connectivity index (χ4v) is 5.85. The summed E-state index contributed by atoms with van der Waals surface area (Å²) < 4.78 is 13.5. The summed E-state index contributed by atoms with van der Waals surface area (Å²) in [5, 5.41) is 15.6. The molecule has 41 heavy (non-hydrogen) atoms. The van der Waals surface area contributed by atoms with Gasteiger partial charge < -0.3 is 20.4 Å². The van der Waals surface area contributed by atoms with E-state index >= 15 is 0 Å². The number of anilines is 1. The van der Waals surface area contributed by atoms with Gasteiger partial charge in [-0.05, 0) is 41.2 Å². The highest BCUT2D eigenvalue weighted by atomic mass is 19.1. The van der Waals surface area contributed by atoms with Crippen LogP contribution in [0.1, 0.15) is 51.7 Å². The van der Waals surface area contributed by atoms with E-state index in [9.17, 15) is 28.8 Å². The third kappa shape index (κ3) is 6.09. The summed E-state index contributed by atoms with van der Waals surface area (Å²) in [6.45, 7) is 7.16. The standard InChI is InChI=1S/C31H36FN5O4/c1-19(38)34-25(14-20-10-12-21(32)13-11-20)27(39)36(5)26(16-30(2,3)4)28(40)37-18-31(15-22(37)17-33)23-8-6-7-9-24(23)35-29(31)41/h6-13,22,25-26H,14-16,18H2,1-5H3,(H,34,38)(H,35,41)/t22-,25-,26-,31-/m0/s1. The van der Waals surface area contributed by atoms with Gasteiger partial charge >= 0.3 is 0 Å². The second-order valence-electron chi connectivity index (χ2n) is 12.2. The monoisotopic (exact) mass is 561 g/mol. The Labute approximate surface area is 239 Å². The molecule has 0 unspecified atom stereocenters. The van der Waals surface area contributed by atoms with Gasteiger partial charge in [-0.25, -0.2) is 4.39 Å². The molecule has 0 bridgehead atoms. The molecule has 4 rings (SSSR count). The van der Waals surface area contributed by atoms with Crippen LogP contribution in [0.5, 0.6) is 0 Å². The van der Waals surface area contributed by atoms with E-state index in [0.717, 1.165) is 5.56 Å². The number of carbonyl (C=O) groups excluding carboxylic acids is 4. The smallest absolute Gasteiger partial charge is 0.246 e. The number of hydrogen-bond donors (Lipinski definition) is 2. The van der Waals surface area contributed by atoms with E-state index in [1.54, 1.807) is 18.2 Å². The predicted molar refractivity (Wildman–Crippen MR) is 151 cm³/mol. The lowest BCUT2D eigenvalue weighted by atomic mass is 9.80. The van der Waals surface area contributed by atoms with Gasteiger partial charge in [0.25, 0.3) is 0 Å². The minimum absolute atomic E-state index is 0.0142. The molecule has 0 aromatic heterocycles. The minimum atomic E-state index is -1.05. The highest BCUT2D eigenvalue weighted by molar-refractivity contribution is 6.07. The van der Waals surface area contributed by atoms with Crippen LogP contribution in [-0.2, 0) is 31.0 Å². The van der Waals surface area contributed by atoms with Crippen molar-refractivity contribution in [2.45, 2.75) is 70.5 Å². The zero-order valence-electron chi connectivity index (χ0n) is 24.0. The van der Waals surface area contributed by atoms with Gasteiger partial charge in [0.15, 0.2) is 0 Å². The Balaban J connectivity index is 1.65. The summed E-state index contributed by atoms with van der Waals surface area (Å²) in [7, 11) is 1.51. The number of hydrogen-bond acceptors (Lipinski definition) is 5. The number of likely N-dealkylation sites (tertiary alicyclic amines) is 1. The summed E-state index contributed by atoms with van der Waals surface area (Å²) in [5.41, 5.74) is 0.626. The molecule has 2 aromatic carbocycles. The first-order chi connectivity index (χ1) is 19.3. The highest BCUT2D eigenvalue weighted by Gasteiger charge is 2.57. The van der Waals surface area contributed by atoms with Gasteiger partial charge in [0.2, 0.25) is 23.6 Å². The molecule has 9 nitrogen and oxygen atoms in total. The van der Waals surface area contributed by atoms with Crippen LogP contribution < -0.4 is 10.6 Å². The van der Waals surface area contributed by atoms with Gasteiger partial charge in [-0.1, -0.05) is 51.1 Å². The number of halogens is 1. The van der Waals surface area contributed by atoms with E-state index in [4.69, 9.17) is 0 Å². The molecule has 0 radical (unpaired) electrons. The number of para-hydroxylation sites is 1. The average Bonchev–Trinajstić information content (AvgIpc) is 3.44. The van der Waals surface area contributed by atoms with Gasteiger partial charge in [-0.2, -0.15) is 5.26 Å². The van der Waals surface area contributed by atoms with E-state index in [-0.39, 0.29) is 37.1 Å². The maximum Gasteiger partial charge on any atom is 0.246 e. The van der Waals surface area contributed by atoms with E-state index in [2.05, 4.69) is 16.7 Å². The molecule has 0 aliphatic carbocycles. The molecule has 1 fully saturated rings. The van der Waals surface area contributed by atoms with E-state index in [1.165, 1.54) is 35.9 Å². The molecule has 2 aromatic rings. The van der Waals surface area contributed by atoms with Crippen LogP contribution in [0.4, 0.5) is 10.1 Å². The van der Waals surface area contributed by atoms with Crippen LogP contribution in [0.25, 0.3) is 0 Å². The zero-order chi connectivity index (χ0) is 30.1. The number of fused-ring (bicyclic) bond motifs is 2. The number of rotatable bonds is 7. The number of nitriles is 1. The summed E-state index contributed by atoms with van der Waals surface area (Å²) in [5.74, 6) is -2.01. The van der Waals surface area contributed by atoms with Crippen LogP contribution in [0.3, 0.4) is 0 Å². The number of carbonyl (C=O) groups is 4. The molecule has 1 spiro atoms. The molecule has 10 heteroatoms. The Hall–Kier alpha value is -4.26. The first-order valence-corrected chi connectivity index (χ1v) is 13.6. The van der Waals surface area contributed by atoms with Gasteiger partial charge in [0.05, 0.1) is 11.5 Å². The Morgan fingerprint density at radius 2 is 1.85 bits per heavy atom. The van der Waals surface area contributed by atoms with Crippen molar-refractivity contribution in [2.75, 3.05) is 18.9 Å². The Morgan fingerprint density at radius 3 is 2.46 bits per heavy atom. The number of benzene rings is 2. The van der Waals surface area contributed by atoms with E-state index in [1.807, 2.05) is 39.0 Å². The first-order valence-electron chi connectivity index (χ1n) is 13.6. The van der Waals surface area contributed by atoms with Crippen molar-refractivity contribution in [2.24, 2.45) is 5.41 Å². The average molecular weight is 562 g/mol. The first kappa shape index (κ1) is 29.7. The Morgan fingerprint density at radius 1 is 1.20 bits per heavy atom. The zero-order valence-corrected chi connectivity index (χ0v) is 24.0. The normalized spacial score (nSPS) is 21.0. The van der Waals surface area contributed by atoms with Crippen LogP contribution >= 0.6 is 0 Å². The summed E-state index contributed by atoms with van der Waals surface area (Å²) >= 11 is 0. The number of nitrogens with one attached hydrogen (secondary N) is 2. The third-order valence-corrected chi connectivity index (χ3v) is 7.85. The number of likely N-dealkylation sites (N-methyl/N-ethyl adjacent to an activating group) is 1. The number of amides is 4. The van der Waals surface area contributed by atoms with E-state index < -0.39 is 47.1 Å². The topological polar surface area (TPSA) is 123 Å². The molecule has 2 heterocycles. The lowest BCUT2D eigenvalue weighted by Gasteiger charge is -2.37. The summed E-state index contributed by atoms with van der Waals surface area (Å²) in [6, 6.07) is 12.3. The third-order valence-electron chi connectivity index (χ3n) is 7.85. The Kier molecular flexibility index (Phi) is 8.20. The maximum atomic E-state index is 14.3. The molecule has 0 saturated carbocycles. The maximum absolute atomic E-state index is 14.3. The molecule has 2 aliphatic rings. The summed E-state index contributed by atoms with van der Waals surface area (Å²) in [4.78, 5) is 56.1. The molecule has 2 N–H and O–H groups in total. The second kappa shape index (κ2) is 11.3. The second-order valence-corrected chi connectivity index (χ2v) is 12.2. The van der Waals surface area contributed by atoms with Crippen LogP contribution in [0.2, 0.25) is 0 Å². The molecule has 1 saturated heterocycles. The Bertz CT molecular complexity index is 1400.